The van der Waals surface area contributed by atoms with Crippen LogP contribution in [0, 0.1) is 0 Å². The Kier molecular flexibility index (Phi) is 3.41. The van der Waals surface area contributed by atoms with Gasteiger partial charge in [0.1, 0.15) is 0 Å². The summed E-state index contributed by atoms with van der Waals surface area (Å²) in [7, 11) is 7.88. The molecular weight excluding hydrogens is 224 g/mol. The van der Waals surface area contributed by atoms with E-state index in [4.69, 9.17) is 0 Å². The van der Waals surface area contributed by atoms with Gasteiger partial charge in [0.25, 0.3) is 0 Å². The van der Waals surface area contributed by atoms with Crippen LogP contribution in [-0.4, -0.2) is 38.9 Å². The van der Waals surface area contributed by atoms with Gasteiger partial charge in [0.05, 0.1) is 0 Å². The summed E-state index contributed by atoms with van der Waals surface area (Å²) in [4.78, 5) is 16.4. The third-order valence-electron chi connectivity index (χ3n) is 3.22. The summed E-state index contributed by atoms with van der Waals surface area (Å²) in [5.41, 5.74) is 4.01. The number of carbonyl (C=O) groups is 1. The van der Waals surface area contributed by atoms with Crippen molar-refractivity contribution < 1.29 is 4.79 Å². The Morgan fingerprint density at radius 3 is 2.44 bits per heavy atom. The molecule has 0 unspecified atom stereocenters. The second kappa shape index (κ2) is 4.84. The number of ketones is 1. The van der Waals surface area contributed by atoms with Gasteiger partial charge >= 0.3 is 0 Å². The maximum absolute atomic E-state index is 12.4. The standard InChI is InChI=1S/C15H20N2O/c1-16(2)10-12-6-5-11-7-8-13(17(3)4)9-14(11)15(12)18/h7-10H,5-6H2,1-4H3. The topological polar surface area (TPSA) is 23.6 Å². The molecular formula is C15H20N2O. The van der Waals surface area contributed by atoms with E-state index in [1.165, 1.54) is 5.56 Å². The number of fused-ring (bicyclic) bond motifs is 1. The van der Waals surface area contributed by atoms with Crippen LogP contribution >= 0.6 is 0 Å². The quantitative estimate of drug-likeness (QED) is 0.746. The van der Waals surface area contributed by atoms with Crippen molar-refractivity contribution in [2.75, 3.05) is 33.1 Å². The third kappa shape index (κ3) is 2.40. The Morgan fingerprint density at radius 1 is 1.11 bits per heavy atom. The summed E-state index contributed by atoms with van der Waals surface area (Å²) in [6, 6.07) is 6.15. The average Bonchev–Trinajstić information content (AvgIpc) is 2.32. The van der Waals surface area contributed by atoms with Crippen LogP contribution in [0.1, 0.15) is 22.3 Å². The van der Waals surface area contributed by atoms with Crippen LogP contribution in [0.5, 0.6) is 0 Å². The van der Waals surface area contributed by atoms with Gasteiger partial charge in [0, 0.05) is 51.2 Å². The molecule has 0 heterocycles. The molecule has 1 aromatic rings. The van der Waals surface area contributed by atoms with Crippen molar-refractivity contribution in [1.82, 2.24) is 4.90 Å². The molecule has 0 aromatic heterocycles. The van der Waals surface area contributed by atoms with Crippen LogP contribution in [0.3, 0.4) is 0 Å². The Bertz CT molecular complexity index is 501. The molecule has 0 fully saturated rings. The van der Waals surface area contributed by atoms with E-state index in [2.05, 4.69) is 12.1 Å². The number of benzene rings is 1. The molecule has 0 N–H and O–H groups in total. The molecule has 0 saturated carbocycles. The highest BCUT2D eigenvalue weighted by molar-refractivity contribution is 6.11. The van der Waals surface area contributed by atoms with E-state index in [1.807, 2.05) is 50.3 Å². The van der Waals surface area contributed by atoms with Crippen LogP contribution < -0.4 is 4.90 Å². The van der Waals surface area contributed by atoms with Gasteiger partial charge in [-0.2, -0.15) is 0 Å². The lowest BCUT2D eigenvalue weighted by atomic mass is 9.87. The predicted octanol–water partition coefficient (Wildman–Crippen LogP) is 2.33. The molecule has 96 valence electrons. The first kappa shape index (κ1) is 12.7. The fourth-order valence-corrected chi connectivity index (χ4v) is 2.26. The molecule has 1 aliphatic rings. The van der Waals surface area contributed by atoms with Gasteiger partial charge in [-0.3, -0.25) is 4.79 Å². The number of carbonyl (C=O) groups excluding carboxylic acids is 1. The van der Waals surface area contributed by atoms with E-state index in [1.54, 1.807) is 0 Å². The summed E-state index contributed by atoms with van der Waals surface area (Å²) in [5.74, 6) is 0.175. The Labute approximate surface area is 109 Å². The number of rotatable bonds is 2. The minimum Gasteiger partial charge on any atom is -0.383 e. The van der Waals surface area contributed by atoms with Crippen LogP contribution in [0.25, 0.3) is 0 Å². The smallest absolute Gasteiger partial charge is 0.190 e. The number of aryl methyl sites for hydroxylation is 1. The van der Waals surface area contributed by atoms with Crippen molar-refractivity contribution in [3.8, 4) is 0 Å². The molecule has 0 bridgehead atoms. The van der Waals surface area contributed by atoms with Crippen molar-refractivity contribution in [2.24, 2.45) is 0 Å². The van der Waals surface area contributed by atoms with Crippen LogP contribution in [0.4, 0.5) is 5.69 Å². The van der Waals surface area contributed by atoms with Crippen molar-refractivity contribution in [1.29, 1.82) is 0 Å². The predicted molar refractivity (Wildman–Crippen MR) is 75.2 cm³/mol. The lowest BCUT2D eigenvalue weighted by Crippen LogP contribution is -2.18. The van der Waals surface area contributed by atoms with Gasteiger partial charge in [-0.15, -0.1) is 0 Å². The molecule has 18 heavy (non-hydrogen) atoms. The molecule has 0 radical (unpaired) electrons. The molecule has 3 heteroatoms. The Morgan fingerprint density at radius 2 is 1.83 bits per heavy atom. The summed E-state index contributed by atoms with van der Waals surface area (Å²) >= 11 is 0. The molecule has 0 spiro atoms. The van der Waals surface area contributed by atoms with Gasteiger partial charge in [0.15, 0.2) is 5.78 Å². The van der Waals surface area contributed by atoms with E-state index in [-0.39, 0.29) is 5.78 Å². The van der Waals surface area contributed by atoms with Gasteiger partial charge in [-0.05, 0) is 30.5 Å². The zero-order chi connectivity index (χ0) is 13.3. The molecule has 0 saturated heterocycles. The molecule has 1 aliphatic carbocycles. The summed E-state index contributed by atoms with van der Waals surface area (Å²) in [6.07, 6.45) is 3.73. The number of Topliss-reactive ketones (excluding diaryl/α,β-unsaturated/α-hetero) is 1. The zero-order valence-corrected chi connectivity index (χ0v) is 11.5. The monoisotopic (exact) mass is 244 g/mol. The lowest BCUT2D eigenvalue weighted by molar-refractivity contribution is 0.102. The van der Waals surface area contributed by atoms with Gasteiger partial charge in [-0.1, -0.05) is 6.07 Å². The lowest BCUT2D eigenvalue weighted by Gasteiger charge is -2.21. The maximum atomic E-state index is 12.4. The fraction of sp³-hybridized carbons (Fsp3) is 0.400. The third-order valence-corrected chi connectivity index (χ3v) is 3.22. The van der Waals surface area contributed by atoms with Crippen molar-refractivity contribution in [3.63, 3.8) is 0 Å². The molecule has 0 amide bonds. The first-order chi connectivity index (χ1) is 8.49. The SMILES string of the molecule is CN(C)C=C1CCc2ccc(N(C)C)cc2C1=O. The van der Waals surface area contributed by atoms with Gasteiger partial charge in [-0.25, -0.2) is 0 Å². The molecule has 3 nitrogen and oxygen atoms in total. The summed E-state index contributed by atoms with van der Waals surface area (Å²) in [6.45, 7) is 0. The maximum Gasteiger partial charge on any atom is 0.190 e. The van der Waals surface area contributed by atoms with E-state index in [9.17, 15) is 4.79 Å². The van der Waals surface area contributed by atoms with Gasteiger partial charge < -0.3 is 9.80 Å². The van der Waals surface area contributed by atoms with Crippen molar-refractivity contribution in [2.45, 2.75) is 12.8 Å². The second-order valence-corrected chi connectivity index (χ2v) is 5.18. The Hall–Kier alpha value is -1.77. The van der Waals surface area contributed by atoms with Crippen LogP contribution in [-0.2, 0) is 6.42 Å². The molecule has 2 rings (SSSR count). The molecule has 0 aliphatic heterocycles. The Balaban J connectivity index is 2.41. The van der Waals surface area contributed by atoms with E-state index < -0.39 is 0 Å². The van der Waals surface area contributed by atoms with Gasteiger partial charge in [0.2, 0.25) is 0 Å². The largest absolute Gasteiger partial charge is 0.383 e. The number of nitrogens with zero attached hydrogens (tertiary/aromatic N) is 2. The highest BCUT2D eigenvalue weighted by atomic mass is 16.1. The van der Waals surface area contributed by atoms with E-state index in [0.29, 0.717) is 0 Å². The number of anilines is 1. The second-order valence-electron chi connectivity index (χ2n) is 5.18. The van der Waals surface area contributed by atoms with E-state index >= 15 is 0 Å². The van der Waals surface area contributed by atoms with Crippen LogP contribution in [0.15, 0.2) is 30.0 Å². The number of hydrogen-bond acceptors (Lipinski definition) is 3. The summed E-state index contributed by atoms with van der Waals surface area (Å²) in [5, 5.41) is 0. The average molecular weight is 244 g/mol. The van der Waals surface area contributed by atoms with Crippen LogP contribution in [0.2, 0.25) is 0 Å². The first-order valence-electron chi connectivity index (χ1n) is 6.21. The van der Waals surface area contributed by atoms with Crippen molar-refractivity contribution in [3.05, 3.63) is 41.1 Å². The normalized spacial score (nSPS) is 16.7. The first-order valence-corrected chi connectivity index (χ1v) is 6.21. The van der Waals surface area contributed by atoms with E-state index in [0.717, 1.165) is 29.7 Å². The summed E-state index contributed by atoms with van der Waals surface area (Å²) < 4.78 is 0. The number of allylic oxidation sites excluding steroid dienone is 1. The molecule has 1 aromatic carbocycles. The highest BCUT2D eigenvalue weighted by Gasteiger charge is 2.22. The van der Waals surface area contributed by atoms with Crippen molar-refractivity contribution >= 4 is 11.5 Å². The molecule has 0 atom stereocenters. The highest BCUT2D eigenvalue weighted by Crippen LogP contribution is 2.28. The zero-order valence-electron chi connectivity index (χ0n) is 11.5. The minimum absolute atomic E-state index is 0.175. The fourth-order valence-electron chi connectivity index (χ4n) is 2.26. The minimum atomic E-state index is 0.175. The number of hydrogen-bond donors (Lipinski definition) is 0.